The summed E-state index contributed by atoms with van der Waals surface area (Å²) in [5, 5.41) is 5.88. The second kappa shape index (κ2) is 8.74. The summed E-state index contributed by atoms with van der Waals surface area (Å²) >= 11 is 0. The van der Waals surface area contributed by atoms with Crippen LogP contribution < -0.4 is 4.74 Å². The van der Waals surface area contributed by atoms with E-state index < -0.39 is 0 Å². The molecule has 160 valence electrons. The van der Waals surface area contributed by atoms with Gasteiger partial charge in [-0.3, -0.25) is 9.48 Å². The average Bonchev–Trinajstić information content (AvgIpc) is 3.26. The lowest BCUT2D eigenvalue weighted by atomic mass is 9.86. The summed E-state index contributed by atoms with van der Waals surface area (Å²) in [6, 6.07) is 6.28. The van der Waals surface area contributed by atoms with Crippen LogP contribution in [0.15, 0.2) is 18.2 Å². The number of hydrogen-bond donors (Lipinski definition) is 0. The minimum Gasteiger partial charge on any atom is -0.497 e. The van der Waals surface area contributed by atoms with Gasteiger partial charge in [-0.2, -0.15) is 5.10 Å². The quantitative estimate of drug-likeness (QED) is 0.682. The number of ether oxygens (including phenoxy) is 2. The highest BCUT2D eigenvalue weighted by atomic mass is 16.5. The summed E-state index contributed by atoms with van der Waals surface area (Å²) in [6.07, 6.45) is 4.19. The van der Waals surface area contributed by atoms with Gasteiger partial charge < -0.3 is 14.4 Å². The number of nitrogens with zero attached hydrogens (tertiary/aromatic N) is 3. The van der Waals surface area contributed by atoms with Crippen LogP contribution in [-0.2, 0) is 16.1 Å². The number of methoxy groups -OCH3 is 2. The maximum atomic E-state index is 13.1. The van der Waals surface area contributed by atoms with Crippen LogP contribution in [0.5, 0.6) is 5.75 Å². The van der Waals surface area contributed by atoms with E-state index in [1.165, 1.54) is 0 Å². The molecule has 0 N–H and O–H groups in total. The van der Waals surface area contributed by atoms with E-state index in [1.807, 2.05) is 22.9 Å². The molecule has 0 radical (unpaired) electrons. The molecule has 0 bridgehead atoms. The van der Waals surface area contributed by atoms with Gasteiger partial charge in [0.1, 0.15) is 18.4 Å². The molecule has 0 saturated carbocycles. The Morgan fingerprint density at radius 3 is 2.69 bits per heavy atom. The lowest BCUT2D eigenvalue weighted by molar-refractivity contribution is -0.132. The van der Waals surface area contributed by atoms with Crippen molar-refractivity contribution < 1.29 is 14.3 Å². The first-order chi connectivity index (χ1) is 13.8. The van der Waals surface area contributed by atoms with Gasteiger partial charge in [0.15, 0.2) is 0 Å². The number of benzene rings is 1. The van der Waals surface area contributed by atoms with E-state index in [0.29, 0.717) is 6.04 Å². The van der Waals surface area contributed by atoms with Crippen LogP contribution in [0.4, 0.5) is 0 Å². The lowest BCUT2D eigenvalue weighted by Crippen LogP contribution is -2.37. The average molecular weight is 402 g/mol. The lowest BCUT2D eigenvalue weighted by Gasteiger charge is -2.28. The molecule has 2 aromatic rings. The Morgan fingerprint density at radius 2 is 2.07 bits per heavy atom. The number of likely N-dealkylation sites (tertiary alicyclic amines) is 1. The molecule has 0 aliphatic carbocycles. The molecule has 1 aromatic heterocycles. The molecule has 2 atom stereocenters. The van der Waals surface area contributed by atoms with E-state index >= 15 is 0 Å². The highest BCUT2D eigenvalue weighted by Crippen LogP contribution is 2.39. The highest BCUT2D eigenvalue weighted by Gasteiger charge is 2.32. The zero-order valence-corrected chi connectivity index (χ0v) is 18.7. The highest BCUT2D eigenvalue weighted by molar-refractivity contribution is 5.86. The van der Waals surface area contributed by atoms with Crippen LogP contribution in [0, 0.1) is 5.41 Å². The van der Waals surface area contributed by atoms with Crippen LogP contribution in [0.2, 0.25) is 0 Å². The van der Waals surface area contributed by atoms with Gasteiger partial charge in [-0.05, 0) is 36.8 Å². The molecule has 29 heavy (non-hydrogen) atoms. The summed E-state index contributed by atoms with van der Waals surface area (Å²) in [4.78, 5) is 15.2. The standard InChI is InChI=1S/C23H35N3O3/c1-7-9-16-10-8-13-25(16)20(27)15-26-19-14-17(28-5)11-12-18(19)21(24-26)22(29-6)23(2,3)4/h11-12,14,16,22H,7-10,13,15H2,1-6H3/t16-,22?/m0/s1. The Morgan fingerprint density at radius 1 is 1.31 bits per heavy atom. The zero-order valence-electron chi connectivity index (χ0n) is 18.7. The Bertz CT molecular complexity index is 853. The predicted molar refractivity (Wildman–Crippen MR) is 115 cm³/mol. The van der Waals surface area contributed by atoms with E-state index in [9.17, 15) is 4.79 Å². The number of aromatic nitrogens is 2. The van der Waals surface area contributed by atoms with Gasteiger partial charge >= 0.3 is 0 Å². The zero-order chi connectivity index (χ0) is 21.2. The molecule has 1 aliphatic rings. The SMILES string of the molecule is CCC[C@H]1CCCN1C(=O)Cn1nc(C(OC)C(C)(C)C)c2ccc(OC)cc21. The summed E-state index contributed by atoms with van der Waals surface area (Å²) in [7, 11) is 3.37. The van der Waals surface area contributed by atoms with Crippen molar-refractivity contribution >= 4 is 16.8 Å². The van der Waals surface area contributed by atoms with Gasteiger partial charge in [0.05, 0.1) is 18.3 Å². The molecular weight excluding hydrogens is 366 g/mol. The van der Waals surface area contributed by atoms with Gasteiger partial charge in [-0.25, -0.2) is 0 Å². The largest absolute Gasteiger partial charge is 0.497 e. The summed E-state index contributed by atoms with van der Waals surface area (Å²) in [5.74, 6) is 0.900. The summed E-state index contributed by atoms with van der Waals surface area (Å²) in [5.41, 5.74) is 1.66. The van der Waals surface area contributed by atoms with E-state index in [-0.39, 0.29) is 24.0 Å². The molecule has 1 unspecified atom stereocenters. The molecule has 1 aliphatic heterocycles. The molecule has 1 amide bonds. The van der Waals surface area contributed by atoms with Crippen molar-refractivity contribution in [3.8, 4) is 5.75 Å². The molecule has 0 spiro atoms. The first kappa shape index (κ1) is 21.6. The van der Waals surface area contributed by atoms with Gasteiger partial charge in [0.2, 0.25) is 5.91 Å². The van der Waals surface area contributed by atoms with Crippen molar-refractivity contribution in [3.63, 3.8) is 0 Å². The molecule has 3 rings (SSSR count). The van der Waals surface area contributed by atoms with Crippen molar-refractivity contribution in [2.45, 2.75) is 72.1 Å². The number of carbonyl (C=O) groups is 1. The number of hydrogen-bond acceptors (Lipinski definition) is 4. The van der Waals surface area contributed by atoms with E-state index in [2.05, 4.69) is 32.6 Å². The number of carbonyl (C=O) groups excluding carboxylic acids is 1. The van der Waals surface area contributed by atoms with Gasteiger partial charge in [-0.1, -0.05) is 34.1 Å². The van der Waals surface area contributed by atoms with Gasteiger partial charge in [0.25, 0.3) is 0 Å². The molecule has 1 fully saturated rings. The van der Waals surface area contributed by atoms with Crippen LogP contribution in [0.3, 0.4) is 0 Å². The van der Waals surface area contributed by atoms with Crippen molar-refractivity contribution in [1.82, 2.24) is 14.7 Å². The van der Waals surface area contributed by atoms with Crippen molar-refractivity contribution in [3.05, 3.63) is 23.9 Å². The Kier molecular flexibility index (Phi) is 6.52. The normalized spacial score (nSPS) is 18.4. The molecule has 1 aromatic carbocycles. The second-order valence-corrected chi connectivity index (χ2v) is 9.08. The van der Waals surface area contributed by atoms with Crippen molar-refractivity contribution in [2.75, 3.05) is 20.8 Å². The molecule has 6 heteroatoms. The van der Waals surface area contributed by atoms with E-state index in [0.717, 1.165) is 54.6 Å². The number of amides is 1. The molecule has 2 heterocycles. The molecular formula is C23H35N3O3. The van der Waals surface area contributed by atoms with Crippen LogP contribution in [-0.4, -0.2) is 47.4 Å². The topological polar surface area (TPSA) is 56.6 Å². The van der Waals surface area contributed by atoms with E-state index in [1.54, 1.807) is 14.2 Å². The number of rotatable bonds is 7. The minimum atomic E-state index is -0.172. The van der Waals surface area contributed by atoms with Crippen molar-refractivity contribution in [1.29, 1.82) is 0 Å². The predicted octanol–water partition coefficient (Wildman–Crippen LogP) is 4.57. The third-order valence-electron chi connectivity index (χ3n) is 5.86. The fourth-order valence-corrected chi connectivity index (χ4v) is 4.51. The molecule has 1 saturated heterocycles. The third-order valence-corrected chi connectivity index (χ3v) is 5.86. The maximum Gasteiger partial charge on any atom is 0.244 e. The van der Waals surface area contributed by atoms with Crippen LogP contribution in [0.25, 0.3) is 10.9 Å². The monoisotopic (exact) mass is 401 g/mol. The fourth-order valence-electron chi connectivity index (χ4n) is 4.51. The smallest absolute Gasteiger partial charge is 0.244 e. The van der Waals surface area contributed by atoms with E-state index in [4.69, 9.17) is 14.6 Å². The Hall–Kier alpha value is -2.08. The molecule has 6 nitrogen and oxygen atoms in total. The maximum absolute atomic E-state index is 13.1. The van der Waals surface area contributed by atoms with Crippen LogP contribution in [0.1, 0.15) is 65.2 Å². The Balaban J connectivity index is 1.99. The fraction of sp³-hybridized carbons (Fsp3) is 0.652. The Labute approximate surface area is 174 Å². The third kappa shape index (κ3) is 4.42. The minimum absolute atomic E-state index is 0.119. The van der Waals surface area contributed by atoms with Crippen molar-refractivity contribution in [2.24, 2.45) is 5.41 Å². The first-order valence-electron chi connectivity index (χ1n) is 10.7. The number of fused-ring (bicyclic) bond motifs is 1. The second-order valence-electron chi connectivity index (χ2n) is 9.08. The summed E-state index contributed by atoms with van der Waals surface area (Å²) in [6.45, 7) is 9.69. The van der Waals surface area contributed by atoms with Gasteiger partial charge in [0, 0.05) is 31.1 Å². The van der Waals surface area contributed by atoms with Gasteiger partial charge in [-0.15, -0.1) is 0 Å². The summed E-state index contributed by atoms with van der Waals surface area (Å²) < 4.78 is 13.1. The first-order valence-corrected chi connectivity index (χ1v) is 10.7. The van der Waals surface area contributed by atoms with Crippen LogP contribution >= 0.6 is 0 Å².